The lowest BCUT2D eigenvalue weighted by Gasteiger charge is -2.37. The Morgan fingerprint density at radius 3 is 2.47 bits per heavy atom. The number of aliphatic carboxylic acids is 1. The third-order valence-electron chi connectivity index (χ3n) is 3.63. The van der Waals surface area contributed by atoms with Crippen molar-refractivity contribution in [2.45, 2.75) is 56.2 Å². The van der Waals surface area contributed by atoms with E-state index in [4.69, 9.17) is 5.11 Å². The highest BCUT2D eigenvalue weighted by atomic mass is 32.2. The van der Waals surface area contributed by atoms with Crippen molar-refractivity contribution in [3.05, 3.63) is 0 Å². The van der Waals surface area contributed by atoms with E-state index >= 15 is 0 Å². The third-order valence-corrected chi connectivity index (χ3v) is 4.60. The second kappa shape index (κ2) is 7.62. The molecule has 1 saturated carbocycles. The Hall–Kier alpha value is -0.910. The van der Waals surface area contributed by atoms with Gasteiger partial charge >= 0.3 is 12.0 Å². The number of hydrogen-bond acceptors (Lipinski definition) is 3. The van der Waals surface area contributed by atoms with Crippen molar-refractivity contribution < 1.29 is 14.7 Å². The molecule has 0 saturated heterocycles. The first-order chi connectivity index (χ1) is 8.97. The molecule has 6 heteroatoms. The predicted octanol–water partition coefficient (Wildman–Crippen LogP) is 2.21. The standard InChI is InChI=1S/C13H24N2O3S/c1-10(19-2)9-14-12(18)15-13(8-11(16)17)6-4-3-5-7-13/h10H,3-9H2,1-2H3,(H,16,17)(H2,14,15,18). The van der Waals surface area contributed by atoms with E-state index in [0.29, 0.717) is 11.8 Å². The maximum Gasteiger partial charge on any atom is 0.315 e. The molecule has 110 valence electrons. The van der Waals surface area contributed by atoms with Crippen LogP contribution in [0.4, 0.5) is 4.79 Å². The predicted molar refractivity (Wildman–Crippen MR) is 77.6 cm³/mol. The van der Waals surface area contributed by atoms with Gasteiger partial charge in [0.2, 0.25) is 0 Å². The second-order valence-corrected chi connectivity index (χ2v) is 6.57. The number of urea groups is 1. The van der Waals surface area contributed by atoms with E-state index in [2.05, 4.69) is 10.6 Å². The zero-order valence-electron chi connectivity index (χ0n) is 11.7. The Labute approximate surface area is 118 Å². The number of carbonyl (C=O) groups is 2. The van der Waals surface area contributed by atoms with Crippen LogP contribution in [0.15, 0.2) is 0 Å². The van der Waals surface area contributed by atoms with Crippen molar-refractivity contribution in [2.24, 2.45) is 0 Å². The fourth-order valence-electron chi connectivity index (χ4n) is 2.47. The van der Waals surface area contributed by atoms with Crippen molar-refractivity contribution in [2.75, 3.05) is 12.8 Å². The number of carboxylic acid groups (broad SMARTS) is 1. The van der Waals surface area contributed by atoms with Gasteiger partial charge in [0.1, 0.15) is 0 Å². The Bertz CT molecular complexity index is 317. The molecule has 0 aromatic carbocycles. The maximum absolute atomic E-state index is 11.9. The summed E-state index contributed by atoms with van der Waals surface area (Å²) >= 11 is 1.69. The molecule has 1 aliphatic carbocycles. The lowest BCUT2D eigenvalue weighted by atomic mass is 9.79. The molecular weight excluding hydrogens is 264 g/mol. The van der Waals surface area contributed by atoms with E-state index < -0.39 is 11.5 Å². The normalized spacial score (nSPS) is 19.5. The van der Waals surface area contributed by atoms with Crippen LogP contribution in [0.1, 0.15) is 45.4 Å². The van der Waals surface area contributed by atoms with Crippen molar-refractivity contribution in [1.29, 1.82) is 0 Å². The summed E-state index contributed by atoms with van der Waals surface area (Å²) in [6.07, 6.45) is 6.60. The Morgan fingerprint density at radius 1 is 1.32 bits per heavy atom. The number of carbonyl (C=O) groups excluding carboxylic acids is 1. The molecule has 0 bridgehead atoms. The van der Waals surface area contributed by atoms with Gasteiger partial charge in [-0.05, 0) is 19.1 Å². The smallest absolute Gasteiger partial charge is 0.315 e. The highest BCUT2D eigenvalue weighted by Crippen LogP contribution is 2.31. The van der Waals surface area contributed by atoms with Crippen LogP contribution in [0.5, 0.6) is 0 Å². The number of hydrogen-bond donors (Lipinski definition) is 3. The van der Waals surface area contributed by atoms with Gasteiger partial charge in [-0.1, -0.05) is 26.2 Å². The van der Waals surface area contributed by atoms with Gasteiger partial charge < -0.3 is 15.7 Å². The van der Waals surface area contributed by atoms with Crippen LogP contribution < -0.4 is 10.6 Å². The number of nitrogens with one attached hydrogen (secondary N) is 2. The average Bonchev–Trinajstić information content (AvgIpc) is 2.35. The lowest BCUT2D eigenvalue weighted by Crippen LogP contribution is -2.54. The van der Waals surface area contributed by atoms with Crippen molar-refractivity contribution in [3.8, 4) is 0 Å². The second-order valence-electron chi connectivity index (χ2n) is 5.29. The van der Waals surface area contributed by atoms with Crippen molar-refractivity contribution in [3.63, 3.8) is 0 Å². The number of rotatable bonds is 6. The summed E-state index contributed by atoms with van der Waals surface area (Å²) in [6.45, 7) is 2.63. The van der Waals surface area contributed by atoms with Gasteiger partial charge in [0, 0.05) is 11.8 Å². The van der Waals surface area contributed by atoms with E-state index in [1.54, 1.807) is 11.8 Å². The zero-order valence-corrected chi connectivity index (χ0v) is 12.5. The minimum absolute atomic E-state index is 0.0124. The highest BCUT2D eigenvalue weighted by Gasteiger charge is 2.35. The fraction of sp³-hybridized carbons (Fsp3) is 0.846. The largest absolute Gasteiger partial charge is 0.481 e. The summed E-state index contributed by atoms with van der Waals surface area (Å²) in [7, 11) is 0. The SMILES string of the molecule is CSC(C)CNC(=O)NC1(CC(=O)O)CCCCC1. The zero-order chi connectivity index (χ0) is 14.3. The third kappa shape index (κ3) is 5.72. The Kier molecular flexibility index (Phi) is 6.48. The monoisotopic (exact) mass is 288 g/mol. The summed E-state index contributed by atoms with van der Waals surface area (Å²) in [6, 6.07) is -0.246. The van der Waals surface area contributed by atoms with Crippen LogP contribution in [0, 0.1) is 0 Å². The summed E-state index contributed by atoms with van der Waals surface area (Å²) < 4.78 is 0. The van der Waals surface area contributed by atoms with E-state index in [0.717, 1.165) is 32.1 Å². The molecule has 0 radical (unpaired) electrons. The maximum atomic E-state index is 11.9. The van der Waals surface area contributed by atoms with Crippen LogP contribution in [0.3, 0.4) is 0 Å². The molecule has 1 unspecified atom stereocenters. The van der Waals surface area contributed by atoms with Crippen molar-refractivity contribution >= 4 is 23.8 Å². The van der Waals surface area contributed by atoms with E-state index in [-0.39, 0.29) is 12.5 Å². The molecule has 0 aromatic heterocycles. The van der Waals surface area contributed by atoms with E-state index in [1.807, 2.05) is 13.2 Å². The average molecular weight is 288 g/mol. The molecule has 0 spiro atoms. The molecule has 5 nitrogen and oxygen atoms in total. The molecule has 0 heterocycles. The fourth-order valence-corrected chi connectivity index (χ4v) is 2.72. The lowest BCUT2D eigenvalue weighted by molar-refractivity contribution is -0.139. The van der Waals surface area contributed by atoms with Crippen LogP contribution in [0.2, 0.25) is 0 Å². The van der Waals surface area contributed by atoms with Crippen LogP contribution >= 0.6 is 11.8 Å². The molecule has 1 fully saturated rings. The number of thioether (sulfide) groups is 1. The Morgan fingerprint density at radius 2 is 1.95 bits per heavy atom. The molecule has 0 aromatic rings. The summed E-state index contributed by atoms with van der Waals surface area (Å²) in [5.41, 5.74) is -0.559. The quantitative estimate of drug-likeness (QED) is 0.700. The van der Waals surface area contributed by atoms with Gasteiger partial charge in [0.05, 0.1) is 12.0 Å². The molecule has 0 aliphatic heterocycles. The minimum atomic E-state index is -0.848. The van der Waals surface area contributed by atoms with Gasteiger partial charge in [0.25, 0.3) is 0 Å². The molecule has 2 amide bonds. The molecular formula is C13H24N2O3S. The van der Waals surface area contributed by atoms with Gasteiger partial charge in [-0.25, -0.2) is 4.79 Å². The van der Waals surface area contributed by atoms with Crippen molar-refractivity contribution in [1.82, 2.24) is 10.6 Å². The number of carboxylic acids is 1. The first-order valence-corrected chi connectivity index (χ1v) is 8.07. The first-order valence-electron chi connectivity index (χ1n) is 6.78. The highest BCUT2D eigenvalue weighted by molar-refractivity contribution is 7.99. The Balaban J connectivity index is 2.52. The molecule has 19 heavy (non-hydrogen) atoms. The molecule has 1 rings (SSSR count). The first kappa shape index (κ1) is 16.1. The number of amides is 2. The van der Waals surface area contributed by atoms with E-state index in [1.165, 1.54) is 0 Å². The molecule has 1 atom stereocenters. The summed E-state index contributed by atoms with van der Waals surface area (Å²) in [5, 5.41) is 15.1. The van der Waals surface area contributed by atoms with Gasteiger partial charge in [-0.15, -0.1) is 0 Å². The topological polar surface area (TPSA) is 78.4 Å². The van der Waals surface area contributed by atoms with E-state index in [9.17, 15) is 9.59 Å². The van der Waals surface area contributed by atoms with Crippen LogP contribution in [0.25, 0.3) is 0 Å². The van der Waals surface area contributed by atoms with Gasteiger partial charge in [-0.3, -0.25) is 4.79 Å². The summed E-state index contributed by atoms with van der Waals surface area (Å²) in [5.74, 6) is -0.848. The molecule has 3 N–H and O–H groups in total. The molecule has 1 aliphatic rings. The summed E-state index contributed by atoms with van der Waals surface area (Å²) in [4.78, 5) is 22.9. The minimum Gasteiger partial charge on any atom is -0.481 e. The van der Waals surface area contributed by atoms with Crippen LogP contribution in [-0.4, -0.2) is 40.7 Å². The van der Waals surface area contributed by atoms with Gasteiger partial charge in [-0.2, -0.15) is 11.8 Å². The van der Waals surface area contributed by atoms with Gasteiger partial charge in [0.15, 0.2) is 0 Å². The van der Waals surface area contributed by atoms with Crippen LogP contribution in [-0.2, 0) is 4.79 Å².